The van der Waals surface area contributed by atoms with E-state index in [2.05, 4.69) is 15.3 Å². The number of benzene rings is 2. The van der Waals surface area contributed by atoms with Crippen molar-refractivity contribution < 1.29 is 4.79 Å². The van der Waals surface area contributed by atoms with Gasteiger partial charge in [-0.05, 0) is 43.4 Å². The zero-order chi connectivity index (χ0) is 20.4. The van der Waals surface area contributed by atoms with Crippen LogP contribution < -0.4 is 10.9 Å². The molecule has 0 bridgehead atoms. The lowest BCUT2D eigenvalue weighted by Crippen LogP contribution is -2.15. The Morgan fingerprint density at radius 1 is 1.21 bits per heavy atom. The number of hydrogen-bond donors (Lipinski definition) is 2. The van der Waals surface area contributed by atoms with Crippen LogP contribution in [0, 0.1) is 10.9 Å². The van der Waals surface area contributed by atoms with E-state index in [0.717, 1.165) is 16.9 Å². The molecule has 0 saturated heterocycles. The zero-order valence-electron chi connectivity index (χ0n) is 15.3. The van der Waals surface area contributed by atoms with E-state index in [1.165, 1.54) is 23.1 Å². The molecule has 0 fully saturated rings. The lowest BCUT2D eigenvalue weighted by molar-refractivity contribution is -0.113. The van der Waals surface area contributed by atoms with Crippen LogP contribution in [0.5, 0.6) is 0 Å². The van der Waals surface area contributed by atoms with Gasteiger partial charge in [0.05, 0.1) is 5.75 Å². The number of aromatic amines is 1. The zero-order valence-corrected chi connectivity index (χ0v) is 17.8. The maximum absolute atomic E-state index is 12.5. The molecule has 2 N–H and O–H groups in total. The average Bonchev–Trinajstić information content (AvgIpc) is 3.05. The number of para-hydroxylation sites is 1. The largest absolute Gasteiger partial charge is 0.325 e. The van der Waals surface area contributed by atoms with Gasteiger partial charge in [0.2, 0.25) is 5.91 Å². The second-order valence-corrected chi connectivity index (χ2v) is 8.87. The number of nitrogens with zero attached hydrogens (tertiary/aromatic N) is 2. The number of anilines is 1. The number of amides is 1. The van der Waals surface area contributed by atoms with Gasteiger partial charge >= 0.3 is 0 Å². The van der Waals surface area contributed by atoms with Gasteiger partial charge < -0.3 is 10.3 Å². The Hall–Kier alpha value is -2.75. The molecular weight excluding hydrogens is 424 g/mol. The molecule has 0 saturated carbocycles. The molecule has 2 heterocycles. The van der Waals surface area contributed by atoms with Crippen molar-refractivity contribution in [2.24, 2.45) is 0 Å². The molecule has 0 radical (unpaired) electrons. The van der Waals surface area contributed by atoms with E-state index >= 15 is 0 Å². The van der Waals surface area contributed by atoms with Gasteiger partial charge in [0.1, 0.15) is 4.70 Å². The number of aryl methyl sites for hydroxylation is 1. The molecule has 0 aliphatic carbocycles. The molecule has 0 aliphatic rings. The number of thioether (sulfide) groups is 1. The molecule has 2 aromatic carbocycles. The molecule has 29 heavy (non-hydrogen) atoms. The van der Waals surface area contributed by atoms with Crippen LogP contribution in [-0.2, 0) is 4.79 Å². The molecule has 9 heteroatoms. The first-order valence-electron chi connectivity index (χ1n) is 8.72. The average molecular weight is 441 g/mol. The van der Waals surface area contributed by atoms with Crippen LogP contribution in [0.4, 0.5) is 5.69 Å². The molecule has 1 amide bonds. The highest BCUT2D eigenvalue weighted by molar-refractivity contribution is 7.99. The Morgan fingerprint density at radius 3 is 2.66 bits per heavy atom. The second kappa shape index (κ2) is 8.32. The third kappa shape index (κ3) is 4.31. The van der Waals surface area contributed by atoms with E-state index in [1.807, 2.05) is 61.5 Å². The van der Waals surface area contributed by atoms with Crippen molar-refractivity contribution in [2.45, 2.75) is 12.1 Å². The van der Waals surface area contributed by atoms with Crippen molar-refractivity contribution >= 4 is 57.3 Å². The van der Waals surface area contributed by atoms with Crippen LogP contribution in [0.25, 0.3) is 16.0 Å². The Morgan fingerprint density at radius 2 is 1.93 bits per heavy atom. The van der Waals surface area contributed by atoms with Crippen LogP contribution in [-0.4, -0.2) is 26.2 Å². The van der Waals surface area contributed by atoms with Crippen LogP contribution in [0.2, 0.25) is 0 Å². The monoisotopic (exact) mass is 440 g/mol. The minimum Gasteiger partial charge on any atom is -0.325 e. The number of thiazole rings is 1. The van der Waals surface area contributed by atoms with Crippen LogP contribution >= 0.6 is 35.3 Å². The van der Waals surface area contributed by atoms with Gasteiger partial charge in [0.15, 0.2) is 14.8 Å². The van der Waals surface area contributed by atoms with Crippen LogP contribution in [0.1, 0.15) is 5.56 Å². The SMILES string of the molecule is Cc1ccc(NC(=O)CSc2nc3c(sc(=S)n3-c3ccccc3)c(=O)[nH]2)cc1. The molecule has 2 aromatic heterocycles. The highest BCUT2D eigenvalue weighted by atomic mass is 32.2. The fraction of sp³-hybridized carbons (Fsp3) is 0.100. The van der Waals surface area contributed by atoms with Gasteiger partial charge in [-0.15, -0.1) is 0 Å². The Bertz CT molecular complexity index is 1290. The van der Waals surface area contributed by atoms with Crippen LogP contribution in [0.15, 0.2) is 64.5 Å². The number of rotatable bonds is 5. The van der Waals surface area contributed by atoms with E-state index in [4.69, 9.17) is 12.2 Å². The molecule has 0 spiro atoms. The van der Waals surface area contributed by atoms with Gasteiger partial charge in [-0.3, -0.25) is 14.2 Å². The van der Waals surface area contributed by atoms with Crippen molar-refractivity contribution in [3.63, 3.8) is 0 Å². The number of carbonyl (C=O) groups excluding carboxylic acids is 1. The lowest BCUT2D eigenvalue weighted by Gasteiger charge is -2.06. The Labute approximate surface area is 179 Å². The fourth-order valence-corrected chi connectivity index (χ4v) is 4.66. The first-order valence-corrected chi connectivity index (χ1v) is 10.9. The molecule has 146 valence electrons. The summed E-state index contributed by atoms with van der Waals surface area (Å²) < 4.78 is 2.79. The summed E-state index contributed by atoms with van der Waals surface area (Å²) >= 11 is 7.83. The fourth-order valence-electron chi connectivity index (χ4n) is 2.73. The van der Waals surface area contributed by atoms with Crippen LogP contribution in [0.3, 0.4) is 0 Å². The van der Waals surface area contributed by atoms with E-state index in [-0.39, 0.29) is 17.2 Å². The van der Waals surface area contributed by atoms with E-state index < -0.39 is 0 Å². The number of H-pyrrole nitrogens is 1. The van der Waals surface area contributed by atoms with E-state index in [9.17, 15) is 9.59 Å². The maximum Gasteiger partial charge on any atom is 0.271 e. The number of carbonyl (C=O) groups is 1. The molecule has 0 aliphatic heterocycles. The number of hydrogen-bond acceptors (Lipinski definition) is 6. The van der Waals surface area contributed by atoms with E-state index in [1.54, 1.807) is 4.57 Å². The Kier molecular flexibility index (Phi) is 5.61. The molecular formula is C20H16N4O2S3. The highest BCUT2D eigenvalue weighted by Gasteiger charge is 2.14. The normalized spacial score (nSPS) is 10.9. The Balaban J connectivity index is 1.58. The summed E-state index contributed by atoms with van der Waals surface area (Å²) in [5, 5.41) is 3.21. The highest BCUT2D eigenvalue weighted by Crippen LogP contribution is 2.24. The summed E-state index contributed by atoms with van der Waals surface area (Å²) in [5.41, 5.74) is 2.93. The minimum absolute atomic E-state index is 0.124. The third-order valence-electron chi connectivity index (χ3n) is 4.11. The number of nitrogens with one attached hydrogen (secondary N) is 2. The van der Waals surface area contributed by atoms with Gasteiger partial charge in [-0.25, -0.2) is 4.98 Å². The summed E-state index contributed by atoms with van der Waals surface area (Å²) in [4.78, 5) is 32.0. The smallest absolute Gasteiger partial charge is 0.271 e. The van der Waals surface area contributed by atoms with Gasteiger partial charge in [-0.1, -0.05) is 59.0 Å². The predicted molar refractivity (Wildman–Crippen MR) is 121 cm³/mol. The van der Waals surface area contributed by atoms with Crippen molar-refractivity contribution in [2.75, 3.05) is 11.1 Å². The lowest BCUT2D eigenvalue weighted by atomic mass is 10.2. The van der Waals surface area contributed by atoms with Crippen molar-refractivity contribution in [3.05, 3.63) is 74.5 Å². The van der Waals surface area contributed by atoms with Gasteiger partial charge in [-0.2, -0.15) is 0 Å². The number of aromatic nitrogens is 3. The molecule has 4 aromatic rings. The summed E-state index contributed by atoms with van der Waals surface area (Å²) in [5.74, 6) is -0.0507. The third-order valence-corrected chi connectivity index (χ3v) is 6.35. The predicted octanol–water partition coefficient (Wildman–Crippen LogP) is 4.54. The standard InChI is InChI=1S/C20H16N4O2S3/c1-12-7-9-13(10-8-12)21-15(25)11-28-19-22-17-16(18(26)23-19)29-20(27)24(17)14-5-3-2-4-6-14/h2-10H,11H2,1H3,(H,21,25)(H,22,23,26). The summed E-state index contributed by atoms with van der Waals surface area (Å²) in [7, 11) is 0. The first kappa shape index (κ1) is 19.6. The first-order chi connectivity index (χ1) is 14.0. The maximum atomic E-state index is 12.5. The molecule has 6 nitrogen and oxygen atoms in total. The quantitative estimate of drug-likeness (QED) is 0.270. The van der Waals surface area contributed by atoms with Crippen molar-refractivity contribution in [1.82, 2.24) is 14.5 Å². The number of fused-ring (bicyclic) bond motifs is 1. The van der Waals surface area contributed by atoms with Crippen molar-refractivity contribution in [1.29, 1.82) is 0 Å². The van der Waals surface area contributed by atoms with Crippen molar-refractivity contribution in [3.8, 4) is 5.69 Å². The second-order valence-electron chi connectivity index (χ2n) is 6.27. The summed E-state index contributed by atoms with van der Waals surface area (Å²) in [6.07, 6.45) is 0. The summed E-state index contributed by atoms with van der Waals surface area (Å²) in [6.45, 7) is 1.99. The molecule has 0 atom stereocenters. The summed E-state index contributed by atoms with van der Waals surface area (Å²) in [6, 6.07) is 17.1. The topological polar surface area (TPSA) is 79.8 Å². The van der Waals surface area contributed by atoms with Gasteiger partial charge in [0.25, 0.3) is 5.56 Å². The van der Waals surface area contributed by atoms with Gasteiger partial charge in [0, 0.05) is 11.4 Å². The molecule has 4 rings (SSSR count). The van der Waals surface area contributed by atoms with E-state index in [0.29, 0.717) is 19.5 Å². The minimum atomic E-state index is -0.262. The molecule has 0 unspecified atom stereocenters.